The number of methoxy groups -OCH3 is 2. The van der Waals surface area contributed by atoms with Gasteiger partial charge in [-0.1, -0.05) is 0 Å². The molecule has 0 spiro atoms. The molecule has 0 aliphatic carbocycles. The van der Waals surface area contributed by atoms with Crippen molar-refractivity contribution in [3.63, 3.8) is 0 Å². The number of aldehydes is 1. The molecule has 20 heavy (non-hydrogen) atoms. The summed E-state index contributed by atoms with van der Waals surface area (Å²) in [6, 6.07) is 8.41. The van der Waals surface area contributed by atoms with Crippen molar-refractivity contribution in [1.82, 2.24) is 0 Å². The van der Waals surface area contributed by atoms with Crippen LogP contribution in [0.3, 0.4) is 0 Å². The number of anilines is 1. The number of hydrogen-bond donors (Lipinski definition) is 2. The topological polar surface area (TPSA) is 81.8 Å². The van der Waals surface area contributed by atoms with Crippen molar-refractivity contribution in [2.24, 2.45) is 0 Å². The summed E-state index contributed by atoms with van der Waals surface area (Å²) >= 11 is 0. The predicted molar refractivity (Wildman–Crippen MR) is 76.4 cm³/mol. The Morgan fingerprint density at radius 2 is 1.80 bits per heavy atom. The number of aromatic hydroxyl groups is 1. The lowest BCUT2D eigenvalue weighted by atomic mass is 10.0. The van der Waals surface area contributed by atoms with Crippen LogP contribution in [-0.4, -0.2) is 25.6 Å². The van der Waals surface area contributed by atoms with Crippen LogP contribution in [0.1, 0.15) is 10.4 Å². The highest BCUT2D eigenvalue weighted by Gasteiger charge is 2.14. The first-order valence-corrected chi connectivity index (χ1v) is 5.90. The molecule has 0 amide bonds. The minimum atomic E-state index is -0.180. The monoisotopic (exact) mass is 273 g/mol. The summed E-state index contributed by atoms with van der Waals surface area (Å²) < 4.78 is 10.4. The van der Waals surface area contributed by atoms with Gasteiger partial charge in [0.05, 0.1) is 19.8 Å². The Labute approximate surface area is 116 Å². The average Bonchev–Trinajstić information content (AvgIpc) is 2.47. The zero-order valence-electron chi connectivity index (χ0n) is 11.2. The van der Waals surface area contributed by atoms with E-state index in [2.05, 4.69) is 0 Å². The van der Waals surface area contributed by atoms with Gasteiger partial charge in [0, 0.05) is 17.3 Å². The fraction of sp³-hybridized carbons (Fsp3) is 0.133. The lowest BCUT2D eigenvalue weighted by Gasteiger charge is -2.12. The molecule has 0 aliphatic rings. The van der Waals surface area contributed by atoms with Crippen molar-refractivity contribution < 1.29 is 19.4 Å². The Hall–Kier alpha value is -2.69. The lowest BCUT2D eigenvalue weighted by Crippen LogP contribution is -1.94. The first-order chi connectivity index (χ1) is 9.60. The quantitative estimate of drug-likeness (QED) is 0.660. The molecule has 0 bridgehead atoms. The number of benzene rings is 2. The summed E-state index contributed by atoms with van der Waals surface area (Å²) in [6.07, 6.45) is 0.575. The predicted octanol–water partition coefficient (Wildman–Crippen LogP) is 2.47. The number of carbonyl (C=O) groups is 1. The third-order valence-electron chi connectivity index (χ3n) is 2.99. The summed E-state index contributed by atoms with van der Waals surface area (Å²) in [5.41, 5.74) is 7.89. The molecule has 0 unspecified atom stereocenters. The highest BCUT2D eigenvalue weighted by atomic mass is 16.5. The second kappa shape index (κ2) is 5.52. The molecular weight excluding hydrogens is 258 g/mol. The van der Waals surface area contributed by atoms with Gasteiger partial charge in [-0.25, -0.2) is 0 Å². The molecule has 0 aromatic heterocycles. The lowest BCUT2D eigenvalue weighted by molar-refractivity contribution is 0.112. The van der Waals surface area contributed by atoms with E-state index in [1.807, 2.05) is 0 Å². The van der Waals surface area contributed by atoms with Gasteiger partial charge in [-0.2, -0.15) is 0 Å². The van der Waals surface area contributed by atoms with Gasteiger partial charge in [0.1, 0.15) is 5.75 Å². The standard InChI is InChI=1S/C15H15NO4/c1-19-13-7-11(16)3-4-12(13)9-5-10(8-17)15(18)14(6-9)20-2/h3-8,18H,16H2,1-2H3. The van der Waals surface area contributed by atoms with Crippen LogP contribution in [0, 0.1) is 0 Å². The van der Waals surface area contributed by atoms with E-state index in [0.29, 0.717) is 23.3 Å². The Kier molecular flexibility index (Phi) is 3.79. The van der Waals surface area contributed by atoms with Gasteiger partial charge >= 0.3 is 0 Å². The van der Waals surface area contributed by atoms with Crippen molar-refractivity contribution in [2.75, 3.05) is 20.0 Å². The van der Waals surface area contributed by atoms with Crippen LogP contribution in [-0.2, 0) is 0 Å². The maximum Gasteiger partial charge on any atom is 0.168 e. The van der Waals surface area contributed by atoms with E-state index in [-0.39, 0.29) is 17.1 Å². The van der Waals surface area contributed by atoms with E-state index in [0.717, 1.165) is 5.56 Å². The number of nitrogens with two attached hydrogens (primary N) is 1. The summed E-state index contributed by atoms with van der Waals surface area (Å²) in [5, 5.41) is 9.82. The number of hydrogen-bond acceptors (Lipinski definition) is 5. The van der Waals surface area contributed by atoms with Crippen LogP contribution in [0.4, 0.5) is 5.69 Å². The Balaban J connectivity index is 2.66. The van der Waals surface area contributed by atoms with E-state index >= 15 is 0 Å². The molecule has 2 aromatic carbocycles. The molecule has 0 fully saturated rings. The van der Waals surface area contributed by atoms with Gasteiger partial charge < -0.3 is 20.3 Å². The molecule has 5 heteroatoms. The zero-order valence-corrected chi connectivity index (χ0v) is 11.2. The largest absolute Gasteiger partial charge is 0.504 e. The number of phenolic OH excluding ortho intramolecular Hbond substituents is 1. The molecule has 2 rings (SSSR count). The number of carbonyl (C=O) groups excluding carboxylic acids is 1. The van der Waals surface area contributed by atoms with E-state index in [1.165, 1.54) is 14.2 Å². The minimum absolute atomic E-state index is 0.151. The van der Waals surface area contributed by atoms with Crippen LogP contribution in [0.25, 0.3) is 11.1 Å². The van der Waals surface area contributed by atoms with Crippen LogP contribution in [0.5, 0.6) is 17.2 Å². The van der Waals surface area contributed by atoms with Crippen molar-refractivity contribution in [2.45, 2.75) is 0 Å². The van der Waals surface area contributed by atoms with E-state index in [9.17, 15) is 9.90 Å². The van der Waals surface area contributed by atoms with Gasteiger partial charge in [0.15, 0.2) is 17.8 Å². The normalized spacial score (nSPS) is 10.1. The smallest absolute Gasteiger partial charge is 0.168 e. The molecule has 0 radical (unpaired) electrons. The van der Waals surface area contributed by atoms with Gasteiger partial charge in [-0.3, -0.25) is 4.79 Å². The molecule has 3 N–H and O–H groups in total. The Morgan fingerprint density at radius 3 is 2.40 bits per heavy atom. The number of phenols is 1. The van der Waals surface area contributed by atoms with Crippen LogP contribution in [0.2, 0.25) is 0 Å². The van der Waals surface area contributed by atoms with Crippen molar-refractivity contribution in [3.05, 3.63) is 35.9 Å². The van der Waals surface area contributed by atoms with Crippen molar-refractivity contribution in [1.29, 1.82) is 0 Å². The van der Waals surface area contributed by atoms with E-state index < -0.39 is 0 Å². The Morgan fingerprint density at radius 1 is 1.10 bits per heavy atom. The SMILES string of the molecule is COc1cc(N)ccc1-c1cc(C=O)c(O)c(OC)c1. The highest BCUT2D eigenvalue weighted by molar-refractivity contribution is 5.86. The van der Waals surface area contributed by atoms with Crippen LogP contribution in [0.15, 0.2) is 30.3 Å². The third kappa shape index (κ3) is 2.38. The van der Waals surface area contributed by atoms with Crippen LogP contribution >= 0.6 is 0 Å². The average molecular weight is 273 g/mol. The van der Waals surface area contributed by atoms with Gasteiger partial charge in [-0.05, 0) is 29.8 Å². The number of rotatable bonds is 4. The fourth-order valence-electron chi connectivity index (χ4n) is 1.98. The van der Waals surface area contributed by atoms with Crippen molar-refractivity contribution in [3.8, 4) is 28.4 Å². The summed E-state index contributed by atoms with van der Waals surface area (Å²) in [6.45, 7) is 0. The molecule has 0 heterocycles. The van der Waals surface area contributed by atoms with Crippen molar-refractivity contribution >= 4 is 12.0 Å². The maximum atomic E-state index is 11.0. The number of ether oxygens (including phenoxy) is 2. The van der Waals surface area contributed by atoms with Gasteiger partial charge in [0.2, 0.25) is 0 Å². The molecule has 0 atom stereocenters. The van der Waals surface area contributed by atoms with E-state index in [1.54, 1.807) is 30.3 Å². The summed E-state index contributed by atoms with van der Waals surface area (Å²) in [5.74, 6) is 0.624. The Bertz CT molecular complexity index is 653. The second-order valence-electron chi connectivity index (χ2n) is 4.19. The minimum Gasteiger partial charge on any atom is -0.504 e. The molecule has 0 aliphatic heterocycles. The number of nitrogen functional groups attached to an aromatic ring is 1. The molecule has 2 aromatic rings. The molecular formula is C15H15NO4. The summed E-state index contributed by atoms with van der Waals surface area (Å²) in [7, 11) is 2.96. The third-order valence-corrected chi connectivity index (χ3v) is 2.99. The highest BCUT2D eigenvalue weighted by Crippen LogP contribution is 2.38. The molecule has 5 nitrogen and oxygen atoms in total. The first-order valence-electron chi connectivity index (χ1n) is 5.90. The molecule has 104 valence electrons. The summed E-state index contributed by atoms with van der Waals surface area (Å²) in [4.78, 5) is 11.0. The zero-order chi connectivity index (χ0) is 14.7. The first kappa shape index (κ1) is 13.7. The second-order valence-corrected chi connectivity index (χ2v) is 4.19. The van der Waals surface area contributed by atoms with Crippen LogP contribution < -0.4 is 15.2 Å². The van der Waals surface area contributed by atoms with E-state index in [4.69, 9.17) is 15.2 Å². The fourth-order valence-corrected chi connectivity index (χ4v) is 1.98. The molecule has 0 saturated carbocycles. The molecule has 0 saturated heterocycles. The maximum absolute atomic E-state index is 11.0. The van der Waals surface area contributed by atoms with Gasteiger partial charge in [0.25, 0.3) is 0 Å². The van der Waals surface area contributed by atoms with Gasteiger partial charge in [-0.15, -0.1) is 0 Å².